The lowest BCUT2D eigenvalue weighted by Crippen LogP contribution is -2.36. The maximum atomic E-state index is 13.2. The van der Waals surface area contributed by atoms with Crippen molar-refractivity contribution in [3.63, 3.8) is 0 Å². The van der Waals surface area contributed by atoms with Gasteiger partial charge in [-0.1, -0.05) is 64.6 Å². The Morgan fingerprint density at radius 2 is 1.29 bits per heavy atom. The van der Waals surface area contributed by atoms with Gasteiger partial charge >= 0.3 is 0 Å². The van der Waals surface area contributed by atoms with Crippen molar-refractivity contribution in [2.75, 3.05) is 5.32 Å². The van der Waals surface area contributed by atoms with Gasteiger partial charge < -0.3 is 5.32 Å². The monoisotopic (exact) mass is 567 g/mol. The number of anilines is 1. The molecule has 3 aromatic rings. The molecule has 0 bridgehead atoms. The smallest absolute Gasteiger partial charge is 0.277 e. The van der Waals surface area contributed by atoms with Crippen LogP contribution in [0.4, 0.5) is 11.4 Å². The Kier molecular flexibility index (Phi) is 5.65. The quantitative estimate of drug-likeness (QED) is 0.260. The number of rotatable bonds is 3. The van der Waals surface area contributed by atoms with Gasteiger partial charge in [-0.15, -0.1) is 0 Å². The first-order chi connectivity index (χ1) is 16.5. The van der Waals surface area contributed by atoms with Crippen molar-refractivity contribution in [1.82, 2.24) is 4.31 Å². The molecule has 0 aliphatic carbocycles. The van der Waals surface area contributed by atoms with Gasteiger partial charge in [0.1, 0.15) is 5.71 Å². The molecule has 0 fully saturated rings. The maximum Gasteiger partial charge on any atom is 0.277 e. The van der Waals surface area contributed by atoms with E-state index in [4.69, 9.17) is 46.4 Å². The molecule has 5 rings (SSSR count). The largest absolute Gasteiger partial charge is 0.320 e. The highest BCUT2D eigenvalue weighted by atomic mass is 35.5. The van der Waals surface area contributed by atoms with Crippen molar-refractivity contribution < 1.29 is 22.8 Å². The fourth-order valence-electron chi connectivity index (χ4n) is 3.69. The second kappa shape index (κ2) is 8.32. The molecule has 2 heterocycles. The zero-order valence-corrected chi connectivity index (χ0v) is 20.8. The summed E-state index contributed by atoms with van der Waals surface area (Å²) in [6.45, 7) is 0. The van der Waals surface area contributed by atoms with Crippen LogP contribution in [0.2, 0.25) is 20.1 Å². The first kappa shape index (κ1) is 23.8. The number of para-hydroxylation sites is 1. The highest BCUT2D eigenvalue weighted by Gasteiger charge is 2.48. The number of benzene rings is 3. The van der Waals surface area contributed by atoms with Gasteiger partial charge in [-0.2, -0.15) is 4.31 Å². The third kappa shape index (κ3) is 3.54. The van der Waals surface area contributed by atoms with Crippen molar-refractivity contribution >= 4 is 91.2 Å². The van der Waals surface area contributed by atoms with Crippen LogP contribution >= 0.6 is 46.4 Å². The molecule has 2 aliphatic heterocycles. The van der Waals surface area contributed by atoms with Crippen LogP contribution in [0.1, 0.15) is 26.3 Å². The molecule has 176 valence electrons. The van der Waals surface area contributed by atoms with Gasteiger partial charge in [-0.25, -0.2) is 13.4 Å². The molecule has 35 heavy (non-hydrogen) atoms. The Labute approximate surface area is 218 Å². The molecule has 0 atom stereocenters. The molecule has 1 N–H and O–H groups in total. The number of hydrogen-bond acceptors (Lipinski definition) is 6. The van der Waals surface area contributed by atoms with E-state index in [0.717, 1.165) is 12.1 Å². The second-order valence-corrected chi connectivity index (χ2v) is 10.6. The molecule has 0 aromatic heterocycles. The lowest BCUT2D eigenvalue weighted by atomic mass is 10.1. The van der Waals surface area contributed by atoms with Crippen molar-refractivity contribution in [3.8, 4) is 0 Å². The van der Waals surface area contributed by atoms with Crippen LogP contribution in [0.25, 0.3) is 0 Å². The average molecular weight is 569 g/mol. The summed E-state index contributed by atoms with van der Waals surface area (Å²) in [6, 6.07) is 11.9. The van der Waals surface area contributed by atoms with Crippen LogP contribution in [0, 0.1) is 0 Å². The van der Waals surface area contributed by atoms with Crippen LogP contribution in [0.3, 0.4) is 0 Å². The first-order valence-electron chi connectivity index (χ1n) is 9.63. The van der Waals surface area contributed by atoms with Crippen LogP contribution < -0.4 is 5.32 Å². The molecule has 0 radical (unpaired) electrons. The minimum Gasteiger partial charge on any atom is -0.320 e. The van der Waals surface area contributed by atoms with Gasteiger partial charge in [0.05, 0.1) is 47.5 Å². The van der Waals surface area contributed by atoms with Crippen molar-refractivity contribution in [1.29, 1.82) is 0 Å². The van der Waals surface area contributed by atoms with E-state index < -0.39 is 38.9 Å². The van der Waals surface area contributed by atoms with E-state index in [0.29, 0.717) is 11.3 Å². The predicted molar refractivity (Wildman–Crippen MR) is 132 cm³/mol. The highest BCUT2D eigenvalue weighted by molar-refractivity contribution is 7.90. The first-order valence-corrected chi connectivity index (χ1v) is 12.6. The number of amides is 3. The number of imide groups is 1. The fraction of sp³-hybridized carbons (Fsp3) is 0. The second-order valence-electron chi connectivity index (χ2n) is 7.34. The third-order valence-electron chi connectivity index (χ3n) is 5.33. The SMILES string of the molecule is O=C1Nc2ccccc2C1=Nc1ccc(S(=O)(=O)N2C(=O)c3c(Cl)c(Cl)c(Cl)c(Cl)c3C2=O)cc1. The summed E-state index contributed by atoms with van der Waals surface area (Å²) in [5, 5.41) is 1.37. The minimum absolute atomic E-state index is 0.0592. The number of fused-ring (bicyclic) bond motifs is 2. The van der Waals surface area contributed by atoms with Crippen LogP contribution in [-0.2, 0) is 14.8 Å². The van der Waals surface area contributed by atoms with Crippen LogP contribution in [0.5, 0.6) is 0 Å². The Hall–Kier alpha value is -2.95. The molecule has 3 aromatic carbocycles. The average Bonchev–Trinajstić information content (AvgIpc) is 3.29. The number of aliphatic imine (C=N–C) groups is 1. The predicted octanol–water partition coefficient (Wildman–Crippen LogP) is 5.36. The van der Waals surface area contributed by atoms with Crippen molar-refractivity contribution in [2.24, 2.45) is 4.99 Å². The van der Waals surface area contributed by atoms with Gasteiger partial charge in [-0.05, 0) is 30.3 Å². The van der Waals surface area contributed by atoms with Crippen molar-refractivity contribution in [3.05, 3.63) is 85.3 Å². The van der Waals surface area contributed by atoms with E-state index in [1.165, 1.54) is 12.1 Å². The number of sulfonamides is 1. The van der Waals surface area contributed by atoms with Gasteiger partial charge in [-0.3, -0.25) is 14.4 Å². The number of nitrogens with zero attached hydrogens (tertiary/aromatic N) is 2. The van der Waals surface area contributed by atoms with E-state index in [-0.39, 0.29) is 40.7 Å². The van der Waals surface area contributed by atoms with Gasteiger partial charge in [0.2, 0.25) is 0 Å². The lowest BCUT2D eigenvalue weighted by molar-refractivity contribution is -0.110. The van der Waals surface area contributed by atoms with E-state index in [1.807, 2.05) is 0 Å². The summed E-state index contributed by atoms with van der Waals surface area (Å²) in [5.41, 5.74) is 0.750. The molecule has 0 saturated heterocycles. The van der Waals surface area contributed by atoms with E-state index in [9.17, 15) is 22.8 Å². The van der Waals surface area contributed by atoms with Gasteiger partial charge in [0.25, 0.3) is 27.7 Å². The Balaban J connectivity index is 1.51. The van der Waals surface area contributed by atoms with Gasteiger partial charge in [0.15, 0.2) is 0 Å². The summed E-state index contributed by atoms with van der Waals surface area (Å²) < 4.78 is 26.5. The zero-order valence-electron chi connectivity index (χ0n) is 17.0. The molecular formula is C22H9Cl4N3O5S. The summed E-state index contributed by atoms with van der Waals surface area (Å²) >= 11 is 24.1. The van der Waals surface area contributed by atoms with Crippen LogP contribution in [-0.4, -0.2) is 36.2 Å². The standard InChI is InChI=1S/C22H9Cl4N3O5S/c23-15-13-14(16(24)18(26)17(15)25)22(32)29(21(13)31)35(33,34)10-7-5-9(6-8-10)27-19-11-3-1-2-4-12(11)28-20(19)30/h1-8H,(H,27,28,30). The number of halogens is 4. The summed E-state index contributed by atoms with van der Waals surface area (Å²) in [6.07, 6.45) is 0. The Morgan fingerprint density at radius 3 is 1.86 bits per heavy atom. The number of nitrogens with one attached hydrogen (secondary N) is 1. The summed E-state index contributed by atoms with van der Waals surface area (Å²) in [5.74, 6) is -2.82. The molecule has 0 unspecified atom stereocenters. The van der Waals surface area contributed by atoms with Crippen LogP contribution in [0.15, 0.2) is 58.4 Å². The molecule has 13 heteroatoms. The minimum atomic E-state index is -4.66. The van der Waals surface area contributed by atoms with E-state index in [2.05, 4.69) is 10.3 Å². The number of carbonyl (C=O) groups is 3. The molecular weight excluding hydrogens is 560 g/mol. The molecule has 0 spiro atoms. The normalized spacial score (nSPS) is 16.1. The third-order valence-corrected chi connectivity index (χ3v) is 8.81. The topological polar surface area (TPSA) is 113 Å². The zero-order chi connectivity index (χ0) is 25.2. The van der Waals surface area contributed by atoms with E-state index >= 15 is 0 Å². The Bertz CT molecular complexity index is 1590. The summed E-state index contributed by atoms with van der Waals surface area (Å²) in [7, 11) is -4.66. The molecule has 2 aliphatic rings. The van der Waals surface area contributed by atoms with E-state index in [1.54, 1.807) is 24.3 Å². The van der Waals surface area contributed by atoms with Gasteiger partial charge in [0, 0.05) is 5.56 Å². The number of carbonyl (C=O) groups excluding carboxylic acids is 3. The highest BCUT2D eigenvalue weighted by Crippen LogP contribution is 2.45. The molecule has 0 saturated carbocycles. The Morgan fingerprint density at radius 1 is 0.743 bits per heavy atom. The molecule has 3 amide bonds. The van der Waals surface area contributed by atoms with Crippen molar-refractivity contribution in [2.45, 2.75) is 4.90 Å². The summed E-state index contributed by atoms with van der Waals surface area (Å²) in [4.78, 5) is 42.0. The lowest BCUT2D eigenvalue weighted by Gasteiger charge is -2.14. The fourth-order valence-corrected chi connectivity index (χ4v) is 6.01. The molecule has 8 nitrogen and oxygen atoms in total. The number of hydrogen-bond donors (Lipinski definition) is 1. The maximum absolute atomic E-state index is 13.2.